The van der Waals surface area contributed by atoms with Crippen molar-refractivity contribution in [2.24, 2.45) is 28.8 Å². The van der Waals surface area contributed by atoms with Gasteiger partial charge in [-0.3, -0.25) is 19.3 Å². The lowest BCUT2D eigenvalue weighted by molar-refractivity contribution is -0.149. The average molecular weight is 553 g/mol. The number of carbonyl (C=O) groups excluding carboxylic acids is 3. The van der Waals surface area contributed by atoms with Gasteiger partial charge >= 0.3 is 0 Å². The van der Waals surface area contributed by atoms with Crippen LogP contribution in [0.15, 0.2) is 71.9 Å². The number of amides is 3. The fourth-order valence-electron chi connectivity index (χ4n) is 6.88. The van der Waals surface area contributed by atoms with E-state index in [0.717, 1.165) is 29.7 Å². The first-order valence-electron chi connectivity index (χ1n) is 14.7. The molecular weight excluding hydrogens is 516 g/mol. The molecule has 3 fully saturated rings. The Bertz CT molecular complexity index is 1440. The molecule has 0 aromatic heterocycles. The molecule has 2 aromatic carbocycles. The van der Waals surface area contributed by atoms with Gasteiger partial charge in [0.25, 0.3) is 0 Å². The maximum absolute atomic E-state index is 13.9. The number of likely N-dealkylation sites (tertiary alicyclic amines) is 1. The van der Waals surface area contributed by atoms with Gasteiger partial charge in [-0.25, -0.2) is 4.90 Å². The van der Waals surface area contributed by atoms with Crippen LogP contribution in [0.4, 0.5) is 0 Å². The van der Waals surface area contributed by atoms with E-state index in [4.69, 9.17) is 4.84 Å². The van der Waals surface area contributed by atoms with Crippen molar-refractivity contribution in [1.29, 1.82) is 0 Å². The quantitative estimate of drug-likeness (QED) is 0.437. The zero-order chi connectivity index (χ0) is 28.5. The van der Waals surface area contributed by atoms with Crippen molar-refractivity contribution < 1.29 is 19.2 Å². The van der Waals surface area contributed by atoms with E-state index < -0.39 is 30.1 Å². The molecule has 0 bridgehead atoms. The molecule has 4 heterocycles. The van der Waals surface area contributed by atoms with Gasteiger partial charge in [0.2, 0.25) is 17.7 Å². The van der Waals surface area contributed by atoms with Crippen molar-refractivity contribution in [1.82, 2.24) is 15.1 Å². The van der Waals surface area contributed by atoms with E-state index in [0.29, 0.717) is 12.5 Å². The Balaban J connectivity index is 1.20. The maximum Gasteiger partial charge on any atom is 0.238 e. The zero-order valence-corrected chi connectivity index (χ0v) is 23.7. The standard InChI is InChI=1S/C33H36N4O4/c1-33(2,3)22-13-11-21(12-14-22)27-23-15-16-24-25-26(31(40)36(30(25)39)18-20-7-5-4-6-8-20)28(37(24)32(23)41-35-27)29(38)34-17-19-9-10-19/h4-8,11-16,19,23-26,28,32H,9-10,17-18H2,1-3H3,(H,34,38)/t23-,24?,25+,26+,28+,32+/m1/s1. The largest absolute Gasteiger partial charge is 0.375 e. The highest BCUT2D eigenvalue weighted by atomic mass is 16.7. The first-order valence-corrected chi connectivity index (χ1v) is 14.7. The van der Waals surface area contributed by atoms with Crippen LogP contribution in [0.3, 0.4) is 0 Å². The summed E-state index contributed by atoms with van der Waals surface area (Å²) in [6.45, 7) is 7.34. The molecule has 5 aliphatic rings. The molecule has 7 rings (SSSR count). The van der Waals surface area contributed by atoms with Crippen molar-refractivity contribution in [3.05, 3.63) is 83.4 Å². The Morgan fingerprint density at radius 3 is 2.37 bits per heavy atom. The Labute approximate surface area is 240 Å². The fourth-order valence-corrected chi connectivity index (χ4v) is 6.88. The van der Waals surface area contributed by atoms with Crippen LogP contribution < -0.4 is 5.32 Å². The summed E-state index contributed by atoms with van der Waals surface area (Å²) in [5.74, 6) is -1.85. The number of nitrogens with one attached hydrogen (secondary N) is 1. The van der Waals surface area contributed by atoms with Crippen molar-refractivity contribution in [2.75, 3.05) is 6.54 Å². The molecule has 0 radical (unpaired) electrons. The minimum absolute atomic E-state index is 0.0366. The molecule has 8 heteroatoms. The normalized spacial score (nSPS) is 30.5. The first-order chi connectivity index (χ1) is 19.7. The fraction of sp³-hybridized carbons (Fsp3) is 0.455. The summed E-state index contributed by atoms with van der Waals surface area (Å²) >= 11 is 0. The van der Waals surface area contributed by atoms with Crippen LogP contribution in [0.25, 0.3) is 0 Å². The molecule has 41 heavy (non-hydrogen) atoms. The van der Waals surface area contributed by atoms with Gasteiger partial charge in [-0.15, -0.1) is 0 Å². The predicted molar refractivity (Wildman–Crippen MR) is 153 cm³/mol. The molecule has 2 saturated heterocycles. The maximum atomic E-state index is 13.9. The Kier molecular flexibility index (Phi) is 6.15. The lowest BCUT2D eigenvalue weighted by atomic mass is 9.84. The lowest BCUT2D eigenvalue weighted by Gasteiger charge is -2.38. The molecule has 1 saturated carbocycles. The van der Waals surface area contributed by atoms with Crippen molar-refractivity contribution >= 4 is 23.4 Å². The monoisotopic (exact) mass is 552 g/mol. The van der Waals surface area contributed by atoms with Gasteiger partial charge in [0.1, 0.15) is 6.04 Å². The van der Waals surface area contributed by atoms with E-state index in [2.05, 4.69) is 61.6 Å². The molecule has 0 spiro atoms. The third-order valence-corrected chi connectivity index (χ3v) is 9.32. The number of imide groups is 1. The molecule has 4 aliphatic heterocycles. The molecule has 3 amide bonds. The second-order valence-electron chi connectivity index (χ2n) is 13.1. The van der Waals surface area contributed by atoms with E-state index in [9.17, 15) is 14.4 Å². The molecule has 6 atom stereocenters. The summed E-state index contributed by atoms with van der Waals surface area (Å²) in [7, 11) is 0. The Morgan fingerprint density at radius 2 is 1.68 bits per heavy atom. The molecule has 8 nitrogen and oxygen atoms in total. The number of hydrogen-bond acceptors (Lipinski definition) is 6. The van der Waals surface area contributed by atoms with Crippen LogP contribution in [0.2, 0.25) is 0 Å². The van der Waals surface area contributed by atoms with Crippen LogP contribution in [0, 0.1) is 23.7 Å². The minimum atomic E-state index is -0.809. The third-order valence-electron chi connectivity index (χ3n) is 9.32. The second kappa shape index (κ2) is 9.65. The number of fused-ring (bicyclic) bond motifs is 5. The van der Waals surface area contributed by atoms with E-state index in [1.165, 1.54) is 10.5 Å². The summed E-state index contributed by atoms with van der Waals surface area (Å²) in [6, 6.07) is 16.7. The number of nitrogens with zero attached hydrogens (tertiary/aromatic N) is 3. The average Bonchev–Trinajstić information content (AvgIpc) is 3.52. The topological polar surface area (TPSA) is 91.3 Å². The number of benzene rings is 2. The van der Waals surface area contributed by atoms with Crippen molar-refractivity contribution in [3.63, 3.8) is 0 Å². The van der Waals surface area contributed by atoms with Gasteiger partial charge < -0.3 is 10.2 Å². The highest BCUT2D eigenvalue weighted by Gasteiger charge is 2.67. The van der Waals surface area contributed by atoms with Gasteiger partial charge in [-0.1, -0.05) is 92.7 Å². The number of rotatable bonds is 6. The van der Waals surface area contributed by atoms with Crippen LogP contribution in [-0.4, -0.2) is 58.1 Å². The predicted octanol–water partition coefficient (Wildman–Crippen LogP) is 3.61. The highest BCUT2D eigenvalue weighted by Crippen LogP contribution is 2.49. The number of carbonyl (C=O) groups is 3. The SMILES string of the molecule is CC(C)(C)c1ccc(C2=NO[C@H]3[C@@H]2C=CC2[C@@H]4C(=O)N(Cc5ccccc5)C(=O)[C@@H]4[C@@H](C(=O)NCC4CC4)N23)cc1. The number of oxime groups is 1. The van der Waals surface area contributed by atoms with Gasteiger partial charge in [0, 0.05) is 18.2 Å². The summed E-state index contributed by atoms with van der Waals surface area (Å²) in [4.78, 5) is 50.9. The molecular formula is C33H36N4O4. The van der Waals surface area contributed by atoms with Crippen LogP contribution in [0.5, 0.6) is 0 Å². The molecule has 1 unspecified atom stereocenters. The molecule has 2 aromatic rings. The summed E-state index contributed by atoms with van der Waals surface area (Å²) < 4.78 is 0. The molecule has 1 N–H and O–H groups in total. The van der Waals surface area contributed by atoms with Crippen LogP contribution in [-0.2, 0) is 31.2 Å². The van der Waals surface area contributed by atoms with Gasteiger partial charge in [0.15, 0.2) is 6.23 Å². The Hall–Kier alpha value is -3.78. The summed E-state index contributed by atoms with van der Waals surface area (Å²) in [6.07, 6.45) is 5.69. The smallest absolute Gasteiger partial charge is 0.238 e. The second-order valence-corrected chi connectivity index (χ2v) is 13.1. The van der Waals surface area contributed by atoms with Crippen molar-refractivity contribution in [3.8, 4) is 0 Å². The Morgan fingerprint density at radius 1 is 0.976 bits per heavy atom. The minimum Gasteiger partial charge on any atom is -0.375 e. The lowest BCUT2D eigenvalue weighted by Crippen LogP contribution is -2.57. The molecule has 1 aliphatic carbocycles. The first kappa shape index (κ1) is 26.1. The van der Waals surface area contributed by atoms with Gasteiger partial charge in [0.05, 0.1) is 30.0 Å². The van der Waals surface area contributed by atoms with Crippen LogP contribution >= 0.6 is 0 Å². The van der Waals surface area contributed by atoms with E-state index in [1.807, 2.05) is 41.3 Å². The van der Waals surface area contributed by atoms with E-state index >= 15 is 0 Å². The zero-order valence-electron chi connectivity index (χ0n) is 23.7. The number of hydrogen-bond donors (Lipinski definition) is 1. The summed E-state index contributed by atoms with van der Waals surface area (Å²) in [5.41, 5.74) is 3.91. The molecule has 212 valence electrons. The highest BCUT2D eigenvalue weighted by molar-refractivity contribution is 6.09. The van der Waals surface area contributed by atoms with Gasteiger partial charge in [-0.2, -0.15) is 0 Å². The third kappa shape index (κ3) is 4.40. The van der Waals surface area contributed by atoms with E-state index in [-0.39, 0.29) is 35.6 Å². The summed E-state index contributed by atoms with van der Waals surface area (Å²) in [5, 5.41) is 7.59. The van der Waals surface area contributed by atoms with E-state index in [1.54, 1.807) is 0 Å². The van der Waals surface area contributed by atoms with Crippen LogP contribution in [0.1, 0.15) is 50.3 Å². The van der Waals surface area contributed by atoms with Gasteiger partial charge in [-0.05, 0) is 35.3 Å². The van der Waals surface area contributed by atoms with Crippen molar-refractivity contribution in [2.45, 2.75) is 63.9 Å².